The van der Waals surface area contributed by atoms with Crippen molar-refractivity contribution in [1.29, 1.82) is 0 Å². The predicted octanol–water partition coefficient (Wildman–Crippen LogP) is 1.03. The topological polar surface area (TPSA) is 6.48 Å². The van der Waals surface area contributed by atoms with E-state index >= 15 is 0 Å². The molecule has 1 saturated heterocycles. The van der Waals surface area contributed by atoms with Gasteiger partial charge in [0.25, 0.3) is 0 Å². The van der Waals surface area contributed by atoms with E-state index in [-0.39, 0.29) is 0 Å². The Morgan fingerprint density at radius 1 is 1.36 bits per heavy atom. The highest BCUT2D eigenvalue weighted by molar-refractivity contribution is 4.73. The smallest absolute Gasteiger partial charge is 0.0194 e. The van der Waals surface area contributed by atoms with Crippen LogP contribution in [0.5, 0.6) is 0 Å². The molecule has 2 nitrogen and oxygen atoms in total. The van der Waals surface area contributed by atoms with Crippen molar-refractivity contribution in [3.8, 4) is 0 Å². The molecule has 0 N–H and O–H groups in total. The highest BCUT2D eigenvalue weighted by Gasteiger charge is 2.17. The molecule has 1 aliphatic heterocycles. The standard InChI is InChI=1S/C9H20N2/c1-4-11-7-5-6-10(3)8-9(11)2/h9H,4-8H2,1-3H3/t9-/m1/s1. The van der Waals surface area contributed by atoms with Crippen LogP contribution in [-0.2, 0) is 0 Å². The average Bonchev–Trinajstić information content (AvgIpc) is 2.11. The summed E-state index contributed by atoms with van der Waals surface area (Å²) in [6.07, 6.45) is 1.33. The normalized spacial score (nSPS) is 30.3. The van der Waals surface area contributed by atoms with Gasteiger partial charge in [-0.1, -0.05) is 6.92 Å². The van der Waals surface area contributed by atoms with Gasteiger partial charge in [-0.25, -0.2) is 0 Å². The first kappa shape index (κ1) is 9.01. The van der Waals surface area contributed by atoms with Gasteiger partial charge in [0.15, 0.2) is 0 Å². The van der Waals surface area contributed by atoms with Crippen LogP contribution in [0.1, 0.15) is 20.3 Å². The molecule has 11 heavy (non-hydrogen) atoms. The molecule has 1 atom stereocenters. The number of likely N-dealkylation sites (N-methyl/N-ethyl adjacent to an activating group) is 2. The molecular weight excluding hydrogens is 136 g/mol. The van der Waals surface area contributed by atoms with Gasteiger partial charge in [0.05, 0.1) is 0 Å². The molecular formula is C9H20N2. The number of hydrogen-bond acceptors (Lipinski definition) is 2. The van der Waals surface area contributed by atoms with Crippen LogP contribution in [0.4, 0.5) is 0 Å². The van der Waals surface area contributed by atoms with E-state index in [2.05, 4.69) is 30.7 Å². The fourth-order valence-electron chi connectivity index (χ4n) is 1.89. The van der Waals surface area contributed by atoms with Crippen LogP contribution in [0.2, 0.25) is 0 Å². The molecule has 1 heterocycles. The van der Waals surface area contributed by atoms with Crippen molar-refractivity contribution < 1.29 is 0 Å². The van der Waals surface area contributed by atoms with Crippen molar-refractivity contribution in [3.63, 3.8) is 0 Å². The molecule has 0 radical (unpaired) electrons. The summed E-state index contributed by atoms with van der Waals surface area (Å²) in [5.41, 5.74) is 0. The molecule has 0 amide bonds. The molecule has 1 aliphatic rings. The van der Waals surface area contributed by atoms with Gasteiger partial charge in [-0.3, -0.25) is 4.90 Å². The second-order valence-electron chi connectivity index (χ2n) is 3.59. The van der Waals surface area contributed by atoms with E-state index in [9.17, 15) is 0 Å². The molecule has 0 aromatic carbocycles. The van der Waals surface area contributed by atoms with Crippen LogP contribution >= 0.6 is 0 Å². The van der Waals surface area contributed by atoms with Crippen molar-refractivity contribution in [2.24, 2.45) is 0 Å². The Bertz CT molecular complexity index is 114. The maximum absolute atomic E-state index is 2.56. The lowest BCUT2D eigenvalue weighted by molar-refractivity contribution is 0.212. The Balaban J connectivity index is 2.43. The lowest BCUT2D eigenvalue weighted by atomic mass is 10.3. The fraction of sp³-hybridized carbons (Fsp3) is 1.00. The van der Waals surface area contributed by atoms with E-state index in [1.807, 2.05) is 0 Å². The molecule has 1 fully saturated rings. The highest BCUT2D eigenvalue weighted by Crippen LogP contribution is 2.06. The SMILES string of the molecule is CCN1CCCN(C)C[C@H]1C. The average molecular weight is 156 g/mol. The summed E-state index contributed by atoms with van der Waals surface area (Å²) in [6.45, 7) is 9.55. The zero-order valence-corrected chi connectivity index (χ0v) is 8.01. The first-order chi connectivity index (χ1) is 5.24. The van der Waals surface area contributed by atoms with E-state index in [0.717, 1.165) is 6.04 Å². The van der Waals surface area contributed by atoms with Crippen molar-refractivity contribution in [1.82, 2.24) is 9.80 Å². The van der Waals surface area contributed by atoms with Crippen LogP contribution < -0.4 is 0 Å². The van der Waals surface area contributed by atoms with Crippen LogP contribution in [0, 0.1) is 0 Å². The lowest BCUT2D eigenvalue weighted by Gasteiger charge is -2.26. The third-order valence-corrected chi connectivity index (χ3v) is 2.59. The van der Waals surface area contributed by atoms with Gasteiger partial charge in [-0.05, 0) is 40.0 Å². The van der Waals surface area contributed by atoms with Gasteiger partial charge in [-0.2, -0.15) is 0 Å². The number of rotatable bonds is 1. The van der Waals surface area contributed by atoms with Crippen molar-refractivity contribution in [2.45, 2.75) is 26.3 Å². The first-order valence-corrected chi connectivity index (χ1v) is 4.66. The van der Waals surface area contributed by atoms with E-state index < -0.39 is 0 Å². The summed E-state index contributed by atoms with van der Waals surface area (Å²) in [5, 5.41) is 0. The second kappa shape index (κ2) is 4.07. The summed E-state index contributed by atoms with van der Waals surface area (Å²) in [5.74, 6) is 0. The van der Waals surface area contributed by atoms with E-state index in [0.29, 0.717) is 0 Å². The monoisotopic (exact) mass is 156 g/mol. The fourth-order valence-corrected chi connectivity index (χ4v) is 1.89. The highest BCUT2D eigenvalue weighted by atomic mass is 15.2. The Kier molecular flexibility index (Phi) is 3.34. The molecule has 0 saturated carbocycles. The molecule has 0 aliphatic carbocycles. The van der Waals surface area contributed by atoms with Crippen LogP contribution in [0.25, 0.3) is 0 Å². The third kappa shape index (κ3) is 2.46. The zero-order valence-electron chi connectivity index (χ0n) is 8.01. The van der Waals surface area contributed by atoms with Gasteiger partial charge in [0, 0.05) is 12.6 Å². The summed E-state index contributed by atoms with van der Waals surface area (Å²) < 4.78 is 0. The van der Waals surface area contributed by atoms with Crippen LogP contribution in [-0.4, -0.2) is 49.1 Å². The second-order valence-corrected chi connectivity index (χ2v) is 3.59. The quantitative estimate of drug-likeness (QED) is 0.559. The molecule has 0 unspecified atom stereocenters. The van der Waals surface area contributed by atoms with Gasteiger partial charge in [0.2, 0.25) is 0 Å². The molecule has 0 bridgehead atoms. The summed E-state index contributed by atoms with van der Waals surface area (Å²) in [4.78, 5) is 4.99. The van der Waals surface area contributed by atoms with Crippen molar-refractivity contribution in [3.05, 3.63) is 0 Å². The maximum atomic E-state index is 2.56. The Labute approximate surface area is 70.2 Å². The first-order valence-electron chi connectivity index (χ1n) is 4.66. The Morgan fingerprint density at radius 3 is 2.73 bits per heavy atom. The Hall–Kier alpha value is -0.0800. The van der Waals surface area contributed by atoms with Gasteiger partial charge >= 0.3 is 0 Å². The van der Waals surface area contributed by atoms with E-state index in [1.54, 1.807) is 0 Å². The van der Waals surface area contributed by atoms with Crippen molar-refractivity contribution >= 4 is 0 Å². The minimum Gasteiger partial charge on any atom is -0.305 e. The largest absolute Gasteiger partial charge is 0.305 e. The molecule has 1 rings (SSSR count). The summed E-state index contributed by atoms with van der Waals surface area (Å²) >= 11 is 0. The van der Waals surface area contributed by atoms with Crippen LogP contribution in [0.3, 0.4) is 0 Å². The minimum atomic E-state index is 0.743. The van der Waals surface area contributed by atoms with Crippen LogP contribution in [0.15, 0.2) is 0 Å². The molecule has 0 aromatic rings. The number of hydrogen-bond donors (Lipinski definition) is 0. The van der Waals surface area contributed by atoms with E-state index in [1.165, 1.54) is 32.6 Å². The lowest BCUT2D eigenvalue weighted by Crippen LogP contribution is -2.37. The minimum absolute atomic E-state index is 0.743. The van der Waals surface area contributed by atoms with Gasteiger partial charge in [-0.15, -0.1) is 0 Å². The molecule has 2 heteroatoms. The summed E-state index contributed by atoms with van der Waals surface area (Å²) in [7, 11) is 2.22. The van der Waals surface area contributed by atoms with Gasteiger partial charge in [0.1, 0.15) is 0 Å². The third-order valence-electron chi connectivity index (χ3n) is 2.59. The van der Waals surface area contributed by atoms with Crippen molar-refractivity contribution in [2.75, 3.05) is 33.2 Å². The molecule has 0 spiro atoms. The predicted molar refractivity (Wildman–Crippen MR) is 48.8 cm³/mol. The Morgan fingerprint density at radius 2 is 2.09 bits per heavy atom. The summed E-state index contributed by atoms with van der Waals surface area (Å²) in [6, 6.07) is 0.743. The molecule has 66 valence electrons. The van der Waals surface area contributed by atoms with E-state index in [4.69, 9.17) is 0 Å². The molecule has 0 aromatic heterocycles. The maximum Gasteiger partial charge on any atom is 0.0194 e. The van der Waals surface area contributed by atoms with Gasteiger partial charge < -0.3 is 4.90 Å². The number of nitrogens with zero attached hydrogens (tertiary/aromatic N) is 2. The zero-order chi connectivity index (χ0) is 8.27.